The fourth-order valence-electron chi connectivity index (χ4n) is 2.22. The van der Waals surface area contributed by atoms with Crippen molar-refractivity contribution in [1.82, 2.24) is 9.55 Å². The first-order valence-corrected chi connectivity index (χ1v) is 8.16. The van der Waals surface area contributed by atoms with Gasteiger partial charge in [0, 0.05) is 29.8 Å². The van der Waals surface area contributed by atoms with Crippen LogP contribution in [0.3, 0.4) is 0 Å². The summed E-state index contributed by atoms with van der Waals surface area (Å²) < 4.78 is 17.1. The second-order valence-electron chi connectivity index (χ2n) is 4.84. The molecule has 3 rings (SSSR count). The maximum Gasteiger partial charge on any atom is 0.374 e. The molecule has 0 radical (unpaired) electrons. The Kier molecular flexibility index (Phi) is 4.90. The first kappa shape index (κ1) is 16.2. The van der Waals surface area contributed by atoms with Crippen molar-refractivity contribution < 1.29 is 18.7 Å². The molecule has 6 nitrogen and oxygen atoms in total. The molecule has 0 aliphatic carbocycles. The second kappa shape index (κ2) is 7.27. The molecule has 0 N–H and O–H groups in total. The molecule has 0 saturated heterocycles. The molecule has 0 unspecified atom stereocenters. The first-order valence-electron chi connectivity index (χ1n) is 7.18. The highest BCUT2D eigenvalue weighted by molar-refractivity contribution is 7.98. The van der Waals surface area contributed by atoms with Gasteiger partial charge in [-0.3, -0.25) is 4.57 Å². The second-order valence-corrected chi connectivity index (χ2v) is 5.78. The molecule has 0 fully saturated rings. The van der Waals surface area contributed by atoms with E-state index in [9.17, 15) is 4.79 Å². The number of imidazole rings is 1. The van der Waals surface area contributed by atoms with Crippen LogP contribution in [0.2, 0.25) is 0 Å². The van der Waals surface area contributed by atoms with Crippen molar-refractivity contribution >= 4 is 17.7 Å². The maximum atomic E-state index is 11.7. The van der Waals surface area contributed by atoms with E-state index in [2.05, 4.69) is 4.98 Å². The van der Waals surface area contributed by atoms with E-state index in [0.29, 0.717) is 5.75 Å². The van der Waals surface area contributed by atoms with Crippen molar-refractivity contribution in [3.8, 4) is 11.4 Å². The molecule has 2 aromatic heterocycles. The van der Waals surface area contributed by atoms with E-state index in [0.717, 1.165) is 22.2 Å². The van der Waals surface area contributed by atoms with E-state index < -0.39 is 5.97 Å². The van der Waals surface area contributed by atoms with Gasteiger partial charge < -0.3 is 13.9 Å². The normalized spacial score (nSPS) is 10.6. The Morgan fingerprint density at radius 1 is 1.33 bits per heavy atom. The highest BCUT2D eigenvalue weighted by Crippen LogP contribution is 2.27. The molecule has 0 bridgehead atoms. The Morgan fingerprint density at radius 3 is 3.00 bits per heavy atom. The van der Waals surface area contributed by atoms with E-state index >= 15 is 0 Å². The van der Waals surface area contributed by atoms with Gasteiger partial charge in [0.25, 0.3) is 0 Å². The van der Waals surface area contributed by atoms with Crippen molar-refractivity contribution in [2.45, 2.75) is 10.9 Å². The Bertz CT molecular complexity index is 840. The molecule has 1 aromatic carbocycles. The third kappa shape index (κ3) is 3.30. The van der Waals surface area contributed by atoms with Crippen LogP contribution in [0.1, 0.15) is 16.1 Å². The molecule has 3 aromatic rings. The minimum Gasteiger partial charge on any atom is -0.497 e. The standard InChI is InChI=1S/C17H16N2O4S/c1-21-14-5-3-4-13(10-14)19-8-7-18-17(19)24-11-12-6-9-23-15(12)16(20)22-2/h3-10H,11H2,1-2H3. The van der Waals surface area contributed by atoms with Crippen molar-refractivity contribution in [1.29, 1.82) is 0 Å². The predicted molar refractivity (Wildman–Crippen MR) is 89.7 cm³/mol. The number of furan rings is 1. The highest BCUT2D eigenvalue weighted by atomic mass is 32.2. The minimum absolute atomic E-state index is 0.226. The molecule has 0 aliphatic rings. The molecule has 0 atom stereocenters. The van der Waals surface area contributed by atoms with Gasteiger partial charge in [-0.05, 0) is 18.2 Å². The fraction of sp³-hybridized carbons (Fsp3) is 0.176. The number of aromatic nitrogens is 2. The van der Waals surface area contributed by atoms with Gasteiger partial charge in [0.05, 0.1) is 26.2 Å². The van der Waals surface area contributed by atoms with Gasteiger partial charge in [-0.2, -0.15) is 0 Å². The van der Waals surface area contributed by atoms with Crippen molar-refractivity contribution in [2.24, 2.45) is 0 Å². The SMILES string of the molecule is COC(=O)c1occc1CSc1nccn1-c1cccc(OC)c1. The zero-order valence-electron chi connectivity index (χ0n) is 13.3. The molecule has 0 spiro atoms. The van der Waals surface area contributed by atoms with Crippen LogP contribution in [0.15, 0.2) is 58.6 Å². The number of methoxy groups -OCH3 is 2. The van der Waals surface area contributed by atoms with Crippen molar-refractivity contribution in [2.75, 3.05) is 14.2 Å². The van der Waals surface area contributed by atoms with Gasteiger partial charge in [-0.25, -0.2) is 9.78 Å². The summed E-state index contributed by atoms with van der Waals surface area (Å²) in [6, 6.07) is 9.49. The van der Waals surface area contributed by atoms with E-state index in [1.54, 1.807) is 19.4 Å². The minimum atomic E-state index is -0.480. The van der Waals surface area contributed by atoms with Gasteiger partial charge in [0.2, 0.25) is 5.76 Å². The average molecular weight is 344 g/mol. The van der Waals surface area contributed by atoms with Gasteiger partial charge in [0.15, 0.2) is 5.16 Å². The first-order chi connectivity index (χ1) is 11.7. The highest BCUT2D eigenvalue weighted by Gasteiger charge is 2.17. The van der Waals surface area contributed by atoms with Gasteiger partial charge in [-0.15, -0.1) is 0 Å². The number of nitrogens with zero attached hydrogens (tertiary/aromatic N) is 2. The summed E-state index contributed by atoms with van der Waals surface area (Å²) in [5.74, 6) is 1.07. The summed E-state index contributed by atoms with van der Waals surface area (Å²) in [4.78, 5) is 16.0. The molecule has 7 heteroatoms. The summed E-state index contributed by atoms with van der Waals surface area (Å²) >= 11 is 1.51. The van der Waals surface area contributed by atoms with Crippen LogP contribution in [0.5, 0.6) is 5.75 Å². The van der Waals surface area contributed by atoms with Gasteiger partial charge in [0.1, 0.15) is 5.75 Å². The third-order valence-electron chi connectivity index (χ3n) is 3.41. The lowest BCUT2D eigenvalue weighted by molar-refractivity contribution is 0.0564. The Balaban J connectivity index is 1.79. The van der Waals surface area contributed by atoms with Crippen LogP contribution in [-0.2, 0) is 10.5 Å². The summed E-state index contributed by atoms with van der Waals surface area (Å²) in [5.41, 5.74) is 1.72. The van der Waals surface area contributed by atoms with Crippen LogP contribution in [0.25, 0.3) is 5.69 Å². The van der Waals surface area contributed by atoms with Crippen LogP contribution in [-0.4, -0.2) is 29.7 Å². The molecule has 0 saturated carbocycles. The summed E-state index contributed by atoms with van der Waals surface area (Å²) in [7, 11) is 2.97. The third-order valence-corrected chi connectivity index (χ3v) is 4.43. The van der Waals surface area contributed by atoms with Crippen LogP contribution < -0.4 is 4.74 Å². The van der Waals surface area contributed by atoms with E-state index in [1.807, 2.05) is 35.0 Å². The lowest BCUT2D eigenvalue weighted by atomic mass is 10.3. The van der Waals surface area contributed by atoms with Gasteiger partial charge in [-0.1, -0.05) is 17.8 Å². The maximum absolute atomic E-state index is 11.7. The van der Waals surface area contributed by atoms with Crippen molar-refractivity contribution in [3.05, 3.63) is 60.3 Å². The van der Waals surface area contributed by atoms with E-state index in [-0.39, 0.29) is 5.76 Å². The number of ether oxygens (including phenoxy) is 2. The number of hydrogen-bond acceptors (Lipinski definition) is 6. The molecular formula is C17H16N2O4S. The topological polar surface area (TPSA) is 66.5 Å². The number of carbonyl (C=O) groups is 1. The number of carbonyl (C=O) groups excluding carboxylic acids is 1. The summed E-state index contributed by atoms with van der Waals surface area (Å²) in [5, 5.41) is 0.806. The molecular weight excluding hydrogens is 328 g/mol. The lowest BCUT2D eigenvalue weighted by Crippen LogP contribution is -2.02. The summed E-state index contributed by atoms with van der Waals surface area (Å²) in [6.45, 7) is 0. The number of hydrogen-bond donors (Lipinski definition) is 0. The Labute approximate surface area is 143 Å². The van der Waals surface area contributed by atoms with Crippen molar-refractivity contribution in [3.63, 3.8) is 0 Å². The monoisotopic (exact) mass is 344 g/mol. The average Bonchev–Trinajstić information content (AvgIpc) is 3.28. The Morgan fingerprint density at radius 2 is 2.21 bits per heavy atom. The predicted octanol–water partition coefficient (Wildman–Crippen LogP) is 3.55. The number of rotatable bonds is 6. The fourth-order valence-corrected chi connectivity index (χ4v) is 3.17. The molecule has 124 valence electrons. The van der Waals surface area contributed by atoms with Crippen LogP contribution >= 0.6 is 11.8 Å². The van der Waals surface area contributed by atoms with E-state index in [4.69, 9.17) is 13.9 Å². The Hall–Kier alpha value is -2.67. The molecule has 24 heavy (non-hydrogen) atoms. The van der Waals surface area contributed by atoms with Crippen LogP contribution in [0, 0.1) is 0 Å². The van der Waals surface area contributed by atoms with Crippen LogP contribution in [0.4, 0.5) is 0 Å². The van der Waals surface area contributed by atoms with Gasteiger partial charge >= 0.3 is 5.97 Å². The zero-order valence-corrected chi connectivity index (χ0v) is 14.1. The summed E-state index contributed by atoms with van der Waals surface area (Å²) in [6.07, 6.45) is 5.10. The smallest absolute Gasteiger partial charge is 0.374 e. The molecule has 0 amide bonds. The lowest BCUT2D eigenvalue weighted by Gasteiger charge is -2.09. The largest absolute Gasteiger partial charge is 0.497 e. The number of thioether (sulfide) groups is 1. The molecule has 0 aliphatic heterocycles. The quantitative estimate of drug-likeness (QED) is 0.503. The zero-order chi connectivity index (χ0) is 16.9. The number of esters is 1. The molecule has 2 heterocycles. The van der Waals surface area contributed by atoms with E-state index in [1.165, 1.54) is 25.1 Å². The number of benzene rings is 1.